The van der Waals surface area contributed by atoms with Gasteiger partial charge in [-0.25, -0.2) is 35.3 Å². The van der Waals surface area contributed by atoms with Gasteiger partial charge in [0.05, 0.1) is 0 Å². The molecule has 0 unspecified atom stereocenters. The average molecular weight is 1680 g/mol. The molecule has 0 radical (unpaired) electrons. The Hall–Kier alpha value is -6.13. The van der Waals surface area contributed by atoms with E-state index in [2.05, 4.69) is 130 Å². The Bertz CT molecular complexity index is 4370. The fourth-order valence-corrected chi connectivity index (χ4v) is 20.2. The van der Waals surface area contributed by atoms with Crippen LogP contribution in [0.4, 0.5) is 16.2 Å². The van der Waals surface area contributed by atoms with Gasteiger partial charge in [-0.2, -0.15) is 12.9 Å². The monoisotopic (exact) mass is 1670 g/mol. The van der Waals surface area contributed by atoms with Crippen LogP contribution in [0.25, 0.3) is 12.2 Å². The molecule has 112 heavy (non-hydrogen) atoms. The summed E-state index contributed by atoms with van der Waals surface area (Å²) in [5.41, 5.74) is 13.3. The number of carbonyl (C=O) groups excluding carboxylic acids is 4. The van der Waals surface area contributed by atoms with Crippen molar-refractivity contribution in [2.75, 3.05) is 49.5 Å². The summed E-state index contributed by atoms with van der Waals surface area (Å²) in [5.74, 6) is 6.07. The number of benzene rings is 3. The van der Waals surface area contributed by atoms with Crippen molar-refractivity contribution in [2.45, 2.75) is 248 Å². The molecule has 6 heterocycles. The Morgan fingerprint density at radius 3 is 1.26 bits per heavy atom. The first-order valence-electron chi connectivity index (χ1n) is 39.8. The molecule has 0 bridgehead atoms. The normalized spacial score (nSPS) is 23.8. The zero-order chi connectivity index (χ0) is 81.7. The fraction of sp³-hybridized carbons (Fsp3) is 0.614. The predicted molar refractivity (Wildman–Crippen MR) is 447 cm³/mol. The number of hydrogen-bond donors (Lipinski definition) is 5. The van der Waals surface area contributed by atoms with Crippen LogP contribution in [0, 0.1) is 87.6 Å². The molecule has 3 saturated carbocycles. The molecule has 3 aliphatic carbocycles. The van der Waals surface area contributed by atoms with Crippen LogP contribution in [0.3, 0.4) is 0 Å². The third kappa shape index (κ3) is 23.8. The molecule has 29 heteroatoms. The Kier molecular flexibility index (Phi) is 33.4. The summed E-state index contributed by atoms with van der Waals surface area (Å²) in [6.07, 6.45) is 20.7. The number of rotatable bonds is 17. The molecule has 3 aromatic carbocycles. The van der Waals surface area contributed by atoms with Gasteiger partial charge in [-0.1, -0.05) is 114 Å². The number of urea groups is 1. The van der Waals surface area contributed by atoms with Gasteiger partial charge in [0.1, 0.15) is 34.1 Å². The van der Waals surface area contributed by atoms with Gasteiger partial charge in [0.25, 0.3) is 17.7 Å². The number of hydrogen-bond acceptors (Lipinski definition) is 16. The largest absolute Gasteiger partial charge is 1.00 e. The molecule has 0 aromatic heterocycles. The van der Waals surface area contributed by atoms with Crippen LogP contribution in [0.2, 0.25) is 0 Å². The van der Waals surface area contributed by atoms with Crippen LogP contribution < -0.4 is 66.6 Å². The van der Waals surface area contributed by atoms with Gasteiger partial charge in [0.2, 0.25) is 30.1 Å². The SMILES string of the molecule is C=CS(=O)(=O)N1CCC2(CC1)N=C(C1CCC(C)CC1)NC2=O.Cc1cc(CC(C)C)ccc1/C=C/S(=O)(=O)N1CCC2(CC1)N=C(C1CCC(C)CC1)NC2=O.Cc1cc(N(C(N)=O)C(C)C)cc(C)c1/C=C/S(=O)(=O)N1CCC2(CC1)N=C(C1CCC(C)CC1)NC2=O.Cc1cc(NC(C)C)cc(C)c1Br.N#C[O-].[Na+]. The van der Waals surface area contributed by atoms with Crippen LogP contribution in [-0.2, 0) is 50.9 Å². The van der Waals surface area contributed by atoms with Crippen molar-refractivity contribution in [1.82, 2.24) is 28.9 Å². The number of piperidine rings is 3. The van der Waals surface area contributed by atoms with Crippen molar-refractivity contribution in [2.24, 2.45) is 62.1 Å². The molecule has 3 spiro atoms. The number of aliphatic imine (C=N–C) groups is 3. The summed E-state index contributed by atoms with van der Waals surface area (Å²) in [5, 5.41) is 31.0. The maximum absolute atomic E-state index is 13.2. The number of carbonyl (C=O) groups is 4. The molecule has 6 aliphatic heterocycles. The van der Waals surface area contributed by atoms with Gasteiger partial charge in [0.15, 0.2) is 0 Å². The van der Waals surface area contributed by atoms with Gasteiger partial charge in [-0.3, -0.25) is 34.3 Å². The number of amidine groups is 3. The van der Waals surface area contributed by atoms with E-state index in [0.29, 0.717) is 106 Å². The van der Waals surface area contributed by atoms with E-state index in [-0.39, 0.29) is 66.4 Å². The quantitative estimate of drug-likeness (QED) is 0.0621. The fourth-order valence-electron chi connectivity index (χ4n) is 16.7. The molecule has 5 amide bonds. The van der Waals surface area contributed by atoms with Crippen LogP contribution in [0.1, 0.15) is 222 Å². The molecular weight excluding hydrogens is 1550 g/mol. The maximum atomic E-state index is 13.2. The number of halogens is 1. The second-order valence-electron chi connectivity index (χ2n) is 33.3. The smallest absolute Gasteiger partial charge is 0.812 e. The summed E-state index contributed by atoms with van der Waals surface area (Å²) in [6, 6.07) is 14.1. The number of anilines is 2. The average Bonchev–Trinajstić information content (AvgIpc) is 1.61. The van der Waals surface area contributed by atoms with E-state index in [1.807, 2.05) is 52.8 Å². The van der Waals surface area contributed by atoms with Gasteiger partial charge < -0.3 is 32.1 Å². The number of primary amides is 1. The predicted octanol–water partition coefficient (Wildman–Crippen LogP) is 10.1. The summed E-state index contributed by atoms with van der Waals surface area (Å²) < 4.78 is 81.6. The van der Waals surface area contributed by atoms with Gasteiger partial charge >= 0.3 is 35.6 Å². The van der Waals surface area contributed by atoms with Crippen molar-refractivity contribution in [3.05, 3.63) is 114 Å². The van der Waals surface area contributed by atoms with Crippen molar-refractivity contribution >= 4 is 111 Å². The Balaban J connectivity index is 0.000000215. The summed E-state index contributed by atoms with van der Waals surface area (Å²) >= 11 is 3.55. The van der Waals surface area contributed by atoms with E-state index in [1.165, 1.54) is 81.2 Å². The molecule has 9 aliphatic rings. The molecular formula is C83H121BrN13NaO11S3. The summed E-state index contributed by atoms with van der Waals surface area (Å²) in [4.78, 5) is 66.2. The number of nitriles is 1. The third-order valence-corrected chi connectivity index (χ3v) is 29.3. The van der Waals surface area contributed by atoms with Crippen molar-refractivity contribution in [3.63, 3.8) is 0 Å². The minimum atomic E-state index is -3.68. The van der Waals surface area contributed by atoms with E-state index in [0.717, 1.165) is 126 Å². The zero-order valence-corrected chi connectivity index (χ0v) is 74.8. The first-order valence-corrected chi connectivity index (χ1v) is 45.1. The van der Waals surface area contributed by atoms with Crippen LogP contribution in [0.5, 0.6) is 0 Å². The number of nitrogens with two attached hydrogens (primary N) is 1. The molecule has 3 aromatic rings. The van der Waals surface area contributed by atoms with Gasteiger partial charge in [-0.15, -0.1) is 0 Å². The number of sulfonamides is 3. The van der Waals surface area contributed by atoms with Crippen LogP contribution in [-0.4, -0.2) is 147 Å². The Labute approximate surface area is 698 Å². The van der Waals surface area contributed by atoms with Gasteiger partial charge in [0, 0.05) is 107 Å². The molecule has 6 N–H and O–H groups in total. The zero-order valence-electron chi connectivity index (χ0n) is 68.8. The topological polar surface area (TPSA) is 342 Å². The summed E-state index contributed by atoms with van der Waals surface area (Å²) in [6.45, 7) is 34.4. The van der Waals surface area contributed by atoms with E-state index >= 15 is 0 Å². The Morgan fingerprint density at radius 1 is 0.598 bits per heavy atom. The maximum Gasteiger partial charge on any atom is 1.00 e. The minimum Gasteiger partial charge on any atom is -0.812 e. The molecule has 24 nitrogen and oxygen atoms in total. The van der Waals surface area contributed by atoms with Crippen LogP contribution in [0.15, 0.2) is 84.7 Å². The van der Waals surface area contributed by atoms with Crippen molar-refractivity contribution in [3.8, 4) is 6.26 Å². The first-order chi connectivity index (χ1) is 52.2. The third-order valence-electron chi connectivity index (χ3n) is 23.4. The number of nitrogens with one attached hydrogen (secondary N) is 4. The minimum absolute atomic E-state index is 0. The second kappa shape index (κ2) is 40.1. The number of aryl methyl sites for hydroxylation is 5. The van der Waals surface area contributed by atoms with E-state index < -0.39 is 52.7 Å². The van der Waals surface area contributed by atoms with Crippen LogP contribution >= 0.6 is 15.9 Å². The first kappa shape index (κ1) is 93.0. The van der Waals surface area contributed by atoms with Crippen molar-refractivity contribution in [1.29, 1.82) is 5.26 Å². The molecule has 12 rings (SSSR count). The molecule has 610 valence electrons. The Morgan fingerprint density at radius 2 is 0.946 bits per heavy atom. The molecule has 3 saturated heterocycles. The molecule has 6 fully saturated rings. The van der Waals surface area contributed by atoms with Gasteiger partial charge in [-0.05, 0) is 250 Å². The summed E-state index contributed by atoms with van der Waals surface area (Å²) in [7, 11) is -10.7. The standard InChI is InChI=1S/C28H41N5O4S.C27H39N3O3S.C16H25N3O3S.C11H16BrN.CHNO.Na/c1-18(2)33(27(29)35)23-16-20(4)24(21(5)17-23)10-15-38(36,37)32-13-11-28(12-14-32)26(34)30-25(31-28)22-8-6-19(3)7-9-22;1-19(2)17-22-7-10-23(21(4)18-22)11-16-34(32,33)30-14-12-27(13-15-30)26(31)28-25(29-27)24-8-5-20(3)6-9-24;1-3-23(21,22)19-10-8-16(9-11-19)15(20)17-14(18-16)13-6-4-12(2)5-7-13;1-7(2)13-10-5-8(3)11(12)9(4)6-10;2-1-3;/h10,15-19,22H,6-9,11-14H2,1-5H3,(H2,29,35)(H,30,31,34);7,10-11,16,18-20,24H,5-6,8-9,12-15,17H2,1-4H3,(H,28,29,31);3,12-13H,1,4-11H2,2H3,(H,17,18,20);5-7,13H,1-4H3;3H;/q;;;;;+1/p-1/b15-10+;16-11+;;;;. The number of nitrogens with zero attached hydrogens (tertiary/aromatic N) is 8. The number of amides is 5. The molecule has 0 atom stereocenters. The van der Waals surface area contributed by atoms with E-state index in [9.17, 15) is 44.4 Å². The van der Waals surface area contributed by atoms with E-state index in [1.54, 1.807) is 12.2 Å². The van der Waals surface area contributed by atoms with E-state index in [4.69, 9.17) is 31.1 Å². The second-order valence-corrected chi connectivity index (χ2v) is 39.6. The van der Waals surface area contributed by atoms with Crippen molar-refractivity contribution < 1.29 is 79.1 Å².